The molecule has 0 atom stereocenters. The highest BCUT2D eigenvalue weighted by molar-refractivity contribution is 5.01. The van der Waals surface area contributed by atoms with Crippen LogP contribution in [0.4, 0.5) is 0 Å². The van der Waals surface area contributed by atoms with Crippen molar-refractivity contribution in [3.05, 3.63) is 30.1 Å². The molecule has 6 heteroatoms. The van der Waals surface area contributed by atoms with Gasteiger partial charge < -0.3 is 5.32 Å². The molecule has 1 aliphatic rings. The van der Waals surface area contributed by atoms with Crippen LogP contribution >= 0.6 is 0 Å². The smallest absolute Gasteiger partial charge is 0.148 e. The zero-order valence-electron chi connectivity index (χ0n) is 10.6. The highest BCUT2D eigenvalue weighted by Gasteiger charge is 2.20. The molecular weight excluding hydrogens is 228 g/mol. The van der Waals surface area contributed by atoms with Crippen LogP contribution in [0.3, 0.4) is 0 Å². The molecule has 0 bridgehead atoms. The molecule has 2 aromatic heterocycles. The van der Waals surface area contributed by atoms with E-state index in [1.54, 1.807) is 6.33 Å². The summed E-state index contributed by atoms with van der Waals surface area (Å²) < 4.78 is 3.81. The number of hydrogen-bond donors (Lipinski definition) is 1. The number of nitrogens with one attached hydrogen (secondary N) is 1. The van der Waals surface area contributed by atoms with Gasteiger partial charge in [-0.2, -0.15) is 10.2 Å². The maximum absolute atomic E-state index is 4.53. The van der Waals surface area contributed by atoms with E-state index in [4.69, 9.17) is 0 Å². The second-order valence-electron chi connectivity index (χ2n) is 4.65. The van der Waals surface area contributed by atoms with E-state index in [1.165, 1.54) is 12.8 Å². The molecule has 0 spiro atoms. The Hall–Kier alpha value is -1.69. The van der Waals surface area contributed by atoms with Crippen LogP contribution in [0, 0.1) is 0 Å². The Morgan fingerprint density at radius 3 is 3.11 bits per heavy atom. The minimum Gasteiger partial charge on any atom is -0.308 e. The Labute approximate surface area is 106 Å². The summed E-state index contributed by atoms with van der Waals surface area (Å²) >= 11 is 0. The average Bonchev–Trinajstić information content (AvgIpc) is 2.93. The van der Waals surface area contributed by atoms with Crippen LogP contribution in [0.25, 0.3) is 0 Å². The number of aromatic nitrogens is 5. The maximum atomic E-state index is 4.53. The minimum absolute atomic E-state index is 0.678. The summed E-state index contributed by atoms with van der Waals surface area (Å²) in [5.74, 6) is 0.947. The molecule has 18 heavy (non-hydrogen) atoms. The van der Waals surface area contributed by atoms with E-state index >= 15 is 0 Å². The summed E-state index contributed by atoms with van der Waals surface area (Å²) in [5, 5.41) is 12.1. The summed E-state index contributed by atoms with van der Waals surface area (Å²) in [4.78, 5) is 4.25. The van der Waals surface area contributed by atoms with Gasteiger partial charge in [-0.25, -0.2) is 9.67 Å². The van der Waals surface area contributed by atoms with Crippen molar-refractivity contribution in [3.63, 3.8) is 0 Å². The van der Waals surface area contributed by atoms with Crippen molar-refractivity contribution in [1.29, 1.82) is 0 Å². The van der Waals surface area contributed by atoms with Gasteiger partial charge in [0, 0.05) is 25.3 Å². The highest BCUT2D eigenvalue weighted by atomic mass is 15.4. The molecule has 1 aliphatic carbocycles. The van der Waals surface area contributed by atoms with Gasteiger partial charge in [0.05, 0.1) is 5.69 Å². The van der Waals surface area contributed by atoms with Gasteiger partial charge in [-0.1, -0.05) is 0 Å². The fraction of sp³-hybridized carbons (Fsp3) is 0.583. The van der Waals surface area contributed by atoms with Crippen molar-refractivity contribution in [1.82, 2.24) is 29.9 Å². The number of rotatable bonds is 6. The zero-order chi connectivity index (χ0) is 12.4. The molecule has 1 N–H and O–H groups in total. The minimum atomic E-state index is 0.678. The molecule has 6 nitrogen and oxygen atoms in total. The predicted octanol–water partition coefficient (Wildman–Crippen LogP) is 0.795. The van der Waals surface area contributed by atoms with Crippen molar-refractivity contribution in [3.8, 4) is 0 Å². The second kappa shape index (κ2) is 4.89. The third-order valence-corrected chi connectivity index (χ3v) is 3.14. The van der Waals surface area contributed by atoms with E-state index in [9.17, 15) is 0 Å². The Balaban J connectivity index is 1.61. The van der Waals surface area contributed by atoms with Crippen LogP contribution in [0.5, 0.6) is 0 Å². The first-order valence-corrected chi connectivity index (χ1v) is 6.47. The van der Waals surface area contributed by atoms with Gasteiger partial charge >= 0.3 is 0 Å². The second-order valence-corrected chi connectivity index (χ2v) is 4.65. The Morgan fingerprint density at radius 2 is 2.33 bits per heavy atom. The molecule has 0 amide bonds. The molecule has 2 heterocycles. The van der Waals surface area contributed by atoms with Crippen LogP contribution in [-0.4, -0.2) is 30.6 Å². The van der Waals surface area contributed by atoms with Gasteiger partial charge in [-0.05, 0) is 25.8 Å². The first-order chi connectivity index (χ1) is 8.85. The van der Waals surface area contributed by atoms with Gasteiger partial charge in [0.1, 0.15) is 18.7 Å². The summed E-state index contributed by atoms with van der Waals surface area (Å²) in [6.07, 6.45) is 6.21. The molecule has 0 aliphatic heterocycles. The predicted molar refractivity (Wildman–Crippen MR) is 66.9 cm³/mol. The van der Waals surface area contributed by atoms with Crippen molar-refractivity contribution >= 4 is 0 Å². The fourth-order valence-corrected chi connectivity index (χ4v) is 1.94. The van der Waals surface area contributed by atoms with Gasteiger partial charge in [-0.3, -0.25) is 4.68 Å². The number of aryl methyl sites for hydroxylation is 1. The van der Waals surface area contributed by atoms with Crippen LogP contribution in [-0.2, 0) is 19.6 Å². The lowest BCUT2D eigenvalue weighted by Gasteiger charge is -2.03. The van der Waals surface area contributed by atoms with Crippen molar-refractivity contribution < 1.29 is 0 Å². The molecule has 1 saturated carbocycles. The number of nitrogens with zero attached hydrogens (tertiary/aromatic N) is 5. The lowest BCUT2D eigenvalue weighted by atomic mass is 10.4. The van der Waals surface area contributed by atoms with Gasteiger partial charge in [0.15, 0.2) is 0 Å². The standard InChI is InChI=1S/C12H18N6/c1-2-18-12(14-9-15-18)8-17-6-5-11(16-17)7-13-10-3-4-10/h5-6,9-10,13H,2-4,7-8H2,1H3. The summed E-state index contributed by atoms with van der Waals surface area (Å²) in [6, 6.07) is 2.78. The molecule has 1 fully saturated rings. The van der Waals surface area contributed by atoms with Crippen molar-refractivity contribution in [2.24, 2.45) is 0 Å². The quantitative estimate of drug-likeness (QED) is 0.819. The fourth-order valence-electron chi connectivity index (χ4n) is 1.94. The SMILES string of the molecule is CCn1ncnc1Cn1ccc(CNC2CC2)n1. The molecule has 2 aromatic rings. The molecular formula is C12H18N6. The molecule has 3 rings (SSSR count). The topological polar surface area (TPSA) is 60.6 Å². The average molecular weight is 246 g/mol. The highest BCUT2D eigenvalue weighted by Crippen LogP contribution is 2.18. The number of hydrogen-bond acceptors (Lipinski definition) is 4. The van der Waals surface area contributed by atoms with E-state index in [2.05, 4.69) is 33.5 Å². The zero-order valence-corrected chi connectivity index (χ0v) is 10.6. The lowest BCUT2D eigenvalue weighted by molar-refractivity contribution is 0.560. The third kappa shape index (κ3) is 2.59. The third-order valence-electron chi connectivity index (χ3n) is 3.14. The van der Waals surface area contributed by atoms with Gasteiger partial charge in [0.25, 0.3) is 0 Å². The van der Waals surface area contributed by atoms with Crippen LogP contribution in [0.15, 0.2) is 18.6 Å². The Bertz CT molecular complexity index is 510. The molecule has 0 radical (unpaired) electrons. The summed E-state index contributed by atoms with van der Waals surface area (Å²) in [7, 11) is 0. The molecule has 0 saturated heterocycles. The van der Waals surface area contributed by atoms with E-state index < -0.39 is 0 Å². The van der Waals surface area contributed by atoms with Crippen LogP contribution in [0.1, 0.15) is 31.3 Å². The first kappa shape index (κ1) is 11.4. The van der Waals surface area contributed by atoms with E-state index in [-0.39, 0.29) is 0 Å². The van der Waals surface area contributed by atoms with E-state index in [0.29, 0.717) is 6.54 Å². The molecule has 96 valence electrons. The maximum Gasteiger partial charge on any atom is 0.148 e. The van der Waals surface area contributed by atoms with Crippen LogP contribution < -0.4 is 5.32 Å². The van der Waals surface area contributed by atoms with Crippen molar-refractivity contribution in [2.75, 3.05) is 0 Å². The van der Waals surface area contributed by atoms with E-state index in [1.807, 2.05) is 15.6 Å². The van der Waals surface area contributed by atoms with E-state index in [0.717, 1.165) is 30.6 Å². The molecule has 0 unspecified atom stereocenters. The first-order valence-electron chi connectivity index (χ1n) is 6.47. The lowest BCUT2D eigenvalue weighted by Crippen LogP contribution is -2.16. The van der Waals surface area contributed by atoms with Gasteiger partial charge in [-0.15, -0.1) is 0 Å². The summed E-state index contributed by atoms with van der Waals surface area (Å²) in [6.45, 7) is 4.44. The van der Waals surface area contributed by atoms with Gasteiger partial charge in [0.2, 0.25) is 0 Å². The van der Waals surface area contributed by atoms with Crippen molar-refractivity contribution in [2.45, 2.75) is 45.4 Å². The largest absolute Gasteiger partial charge is 0.308 e. The summed E-state index contributed by atoms with van der Waals surface area (Å²) in [5.41, 5.74) is 1.09. The van der Waals surface area contributed by atoms with Crippen LogP contribution in [0.2, 0.25) is 0 Å². The Kier molecular flexibility index (Phi) is 3.10. The Morgan fingerprint density at radius 1 is 1.44 bits per heavy atom. The monoisotopic (exact) mass is 246 g/mol. The normalized spacial score (nSPS) is 15.2. The molecule has 0 aromatic carbocycles.